The molecule has 2 aliphatic rings. The Morgan fingerprint density at radius 1 is 1.03 bits per heavy atom. The maximum absolute atomic E-state index is 14.2. The summed E-state index contributed by atoms with van der Waals surface area (Å²) >= 11 is 6.30. The molecule has 0 saturated heterocycles. The van der Waals surface area contributed by atoms with Crippen molar-refractivity contribution in [1.29, 1.82) is 0 Å². The Morgan fingerprint density at radius 2 is 1.74 bits per heavy atom. The van der Waals surface area contributed by atoms with Crippen LogP contribution >= 0.6 is 11.6 Å². The second-order valence-electron chi connectivity index (χ2n) is 9.41. The van der Waals surface area contributed by atoms with Gasteiger partial charge in [0.25, 0.3) is 5.91 Å². The van der Waals surface area contributed by atoms with Crippen LogP contribution in [0, 0.1) is 6.92 Å². The largest absolute Gasteiger partial charge is 0.495 e. The van der Waals surface area contributed by atoms with Crippen LogP contribution in [0.25, 0.3) is 0 Å². The minimum Gasteiger partial charge on any atom is -0.495 e. The fourth-order valence-corrected chi connectivity index (χ4v) is 5.65. The zero-order chi connectivity index (χ0) is 27.0. The van der Waals surface area contributed by atoms with Crippen LogP contribution in [0.5, 0.6) is 17.2 Å². The van der Waals surface area contributed by atoms with Crippen molar-refractivity contribution in [3.8, 4) is 17.2 Å². The summed E-state index contributed by atoms with van der Waals surface area (Å²) in [5.74, 6) is 0.777. The quantitative estimate of drug-likeness (QED) is 0.406. The molecule has 5 rings (SSSR count). The molecule has 0 spiro atoms. The molecule has 0 aliphatic carbocycles. The number of fused-ring (bicyclic) bond motifs is 4. The maximum atomic E-state index is 14.2. The van der Waals surface area contributed by atoms with Gasteiger partial charge in [-0.2, -0.15) is 0 Å². The van der Waals surface area contributed by atoms with Gasteiger partial charge >= 0.3 is 0 Å². The van der Waals surface area contributed by atoms with Gasteiger partial charge in [0.2, 0.25) is 5.91 Å². The molecule has 0 radical (unpaired) electrons. The molecule has 0 unspecified atom stereocenters. The molecule has 0 bridgehead atoms. The molecule has 2 atom stereocenters. The number of ether oxygens (including phenoxy) is 3. The second-order valence-corrected chi connectivity index (χ2v) is 9.82. The standard InChI is InChI=1S/C30H31ClN2O5/c1-5-37-25-14-18-11-12-33-28(21(18)15-26(25)38-6-2)27(19-9-7-8-10-20(19)30(33)35)29(34)32-23-13-17(3)22(31)16-24(23)36-4/h7-10,13-16,27-28H,5-6,11-12H2,1-4H3,(H,32,34)/t27-,28+/m1/s1. The number of hydrogen-bond donors (Lipinski definition) is 1. The first kappa shape index (κ1) is 25.9. The monoisotopic (exact) mass is 534 g/mol. The third-order valence-corrected chi connectivity index (χ3v) is 7.61. The number of nitrogens with zero attached hydrogens (tertiary/aromatic N) is 1. The molecular weight excluding hydrogens is 504 g/mol. The molecule has 3 aromatic rings. The van der Waals surface area contributed by atoms with Gasteiger partial charge in [0, 0.05) is 23.2 Å². The Morgan fingerprint density at radius 3 is 2.45 bits per heavy atom. The first-order chi connectivity index (χ1) is 18.4. The van der Waals surface area contributed by atoms with Gasteiger partial charge in [0.1, 0.15) is 5.75 Å². The Bertz CT molecular complexity index is 1410. The lowest BCUT2D eigenvalue weighted by Gasteiger charge is -2.45. The number of anilines is 1. The highest BCUT2D eigenvalue weighted by atomic mass is 35.5. The minimum atomic E-state index is -0.656. The van der Waals surface area contributed by atoms with Gasteiger partial charge in [0.05, 0.1) is 38.0 Å². The Labute approximate surface area is 227 Å². The van der Waals surface area contributed by atoms with Crippen molar-refractivity contribution < 1.29 is 23.8 Å². The van der Waals surface area contributed by atoms with E-state index in [9.17, 15) is 9.59 Å². The number of benzene rings is 3. The van der Waals surface area contributed by atoms with Crippen molar-refractivity contribution in [1.82, 2.24) is 4.90 Å². The summed E-state index contributed by atoms with van der Waals surface area (Å²) in [5, 5.41) is 3.62. The van der Waals surface area contributed by atoms with E-state index in [4.69, 9.17) is 25.8 Å². The molecular formula is C30H31ClN2O5. The highest BCUT2D eigenvalue weighted by Crippen LogP contribution is 2.49. The van der Waals surface area contributed by atoms with E-state index in [1.165, 1.54) is 7.11 Å². The van der Waals surface area contributed by atoms with Crippen LogP contribution in [0.3, 0.4) is 0 Å². The SMILES string of the molecule is CCOc1cc2c(cc1OCC)[C@H]1[C@H](C(=O)Nc3cc(C)c(Cl)cc3OC)c3ccccc3C(=O)N1CC2. The van der Waals surface area contributed by atoms with Crippen molar-refractivity contribution in [3.63, 3.8) is 0 Å². The number of amides is 2. The molecule has 8 heteroatoms. The molecule has 0 fully saturated rings. The summed E-state index contributed by atoms with van der Waals surface area (Å²) in [7, 11) is 1.54. The number of methoxy groups -OCH3 is 1. The van der Waals surface area contributed by atoms with E-state index in [-0.39, 0.29) is 11.8 Å². The fraction of sp³-hybridized carbons (Fsp3) is 0.333. The molecule has 198 valence electrons. The van der Waals surface area contributed by atoms with Crippen LogP contribution in [-0.4, -0.2) is 43.6 Å². The zero-order valence-electron chi connectivity index (χ0n) is 22.0. The highest BCUT2D eigenvalue weighted by molar-refractivity contribution is 6.31. The molecule has 7 nitrogen and oxygen atoms in total. The molecule has 1 N–H and O–H groups in total. The minimum absolute atomic E-state index is 0.0768. The van der Waals surface area contributed by atoms with Gasteiger partial charge < -0.3 is 24.4 Å². The van der Waals surface area contributed by atoms with Gasteiger partial charge in [-0.1, -0.05) is 29.8 Å². The number of carbonyl (C=O) groups excluding carboxylic acids is 2. The van der Waals surface area contributed by atoms with E-state index in [0.717, 1.165) is 16.7 Å². The Hall–Kier alpha value is -3.71. The van der Waals surface area contributed by atoms with Crippen LogP contribution < -0.4 is 19.5 Å². The van der Waals surface area contributed by atoms with E-state index >= 15 is 0 Å². The number of rotatable bonds is 7. The van der Waals surface area contributed by atoms with Crippen molar-refractivity contribution in [2.45, 2.75) is 39.2 Å². The lowest BCUT2D eigenvalue weighted by atomic mass is 9.75. The van der Waals surface area contributed by atoms with Crippen LogP contribution in [0.4, 0.5) is 5.69 Å². The summed E-state index contributed by atoms with van der Waals surface area (Å²) in [6, 6.07) is 14.3. The van der Waals surface area contributed by atoms with Crippen LogP contribution in [0.15, 0.2) is 48.5 Å². The van der Waals surface area contributed by atoms with E-state index in [1.807, 2.05) is 56.0 Å². The molecule has 3 aromatic carbocycles. The van der Waals surface area contributed by atoms with Gasteiger partial charge in [-0.3, -0.25) is 9.59 Å². The zero-order valence-corrected chi connectivity index (χ0v) is 22.7. The van der Waals surface area contributed by atoms with Crippen LogP contribution in [0.1, 0.15) is 58.4 Å². The summed E-state index contributed by atoms with van der Waals surface area (Å²) in [6.45, 7) is 7.19. The first-order valence-corrected chi connectivity index (χ1v) is 13.2. The lowest BCUT2D eigenvalue weighted by molar-refractivity contribution is -0.119. The highest BCUT2D eigenvalue weighted by Gasteiger charge is 2.46. The average Bonchev–Trinajstić information content (AvgIpc) is 2.91. The molecule has 2 heterocycles. The lowest BCUT2D eigenvalue weighted by Crippen LogP contribution is -2.49. The molecule has 0 aromatic heterocycles. The summed E-state index contributed by atoms with van der Waals surface area (Å²) in [5.41, 5.74) is 4.52. The first-order valence-electron chi connectivity index (χ1n) is 12.8. The topological polar surface area (TPSA) is 77.1 Å². The number of nitrogens with one attached hydrogen (secondary N) is 1. The third-order valence-electron chi connectivity index (χ3n) is 7.21. The molecule has 0 saturated carbocycles. The summed E-state index contributed by atoms with van der Waals surface area (Å²) in [6.07, 6.45) is 0.658. The fourth-order valence-electron chi connectivity index (χ4n) is 5.49. The second kappa shape index (κ2) is 10.6. The smallest absolute Gasteiger partial charge is 0.254 e. The van der Waals surface area contributed by atoms with E-state index in [2.05, 4.69) is 5.32 Å². The van der Waals surface area contributed by atoms with E-state index in [0.29, 0.717) is 65.3 Å². The van der Waals surface area contributed by atoms with E-state index in [1.54, 1.807) is 18.2 Å². The Balaban J connectivity index is 1.65. The van der Waals surface area contributed by atoms with Gasteiger partial charge in [-0.05, 0) is 73.7 Å². The molecule has 2 amide bonds. The van der Waals surface area contributed by atoms with Crippen LogP contribution in [-0.2, 0) is 11.2 Å². The van der Waals surface area contributed by atoms with Gasteiger partial charge in [-0.25, -0.2) is 0 Å². The summed E-state index contributed by atoms with van der Waals surface area (Å²) in [4.78, 5) is 29.6. The van der Waals surface area contributed by atoms with Gasteiger partial charge in [0.15, 0.2) is 11.5 Å². The predicted octanol–water partition coefficient (Wildman–Crippen LogP) is 5.93. The maximum Gasteiger partial charge on any atom is 0.254 e. The number of aryl methyl sites for hydroxylation is 1. The normalized spacial score (nSPS) is 17.7. The van der Waals surface area contributed by atoms with E-state index < -0.39 is 12.0 Å². The Kier molecular flexibility index (Phi) is 7.21. The van der Waals surface area contributed by atoms with Crippen molar-refractivity contribution in [2.24, 2.45) is 0 Å². The molecule has 38 heavy (non-hydrogen) atoms. The van der Waals surface area contributed by atoms with Crippen molar-refractivity contribution >= 4 is 29.1 Å². The average molecular weight is 535 g/mol. The number of halogens is 1. The number of carbonyl (C=O) groups is 2. The van der Waals surface area contributed by atoms with Crippen molar-refractivity contribution in [3.05, 3.63) is 81.4 Å². The number of hydrogen-bond acceptors (Lipinski definition) is 5. The van der Waals surface area contributed by atoms with Crippen molar-refractivity contribution in [2.75, 3.05) is 32.2 Å². The van der Waals surface area contributed by atoms with Crippen LogP contribution in [0.2, 0.25) is 5.02 Å². The third kappa shape index (κ3) is 4.45. The molecule has 2 aliphatic heterocycles. The predicted molar refractivity (Wildman–Crippen MR) is 147 cm³/mol. The summed E-state index contributed by atoms with van der Waals surface area (Å²) < 4.78 is 17.3. The van der Waals surface area contributed by atoms with Gasteiger partial charge in [-0.15, -0.1) is 0 Å².